The van der Waals surface area contributed by atoms with Crippen LogP contribution < -0.4 is 4.90 Å². The Bertz CT molecular complexity index is 2140. The van der Waals surface area contributed by atoms with Crippen LogP contribution >= 0.6 is 0 Å². The van der Waals surface area contributed by atoms with E-state index in [4.69, 9.17) is 0 Å². The van der Waals surface area contributed by atoms with Crippen LogP contribution in [-0.2, 0) is 0 Å². The molecule has 0 bridgehead atoms. The average molecular weight is 611 g/mol. The third kappa shape index (κ3) is 3.34. The first-order valence-electron chi connectivity index (χ1n) is 14.6. The standard InChI is InChI=1S/C38H29NO2Se/c1-20(2)22-8-5-9-23(21(3)4)36(22)39-37(40)30-17-15-28-26-11-6-10-25-24(32-12-7-19-42-32)13-14-27(33(25)26)29-16-18-31(38(39)41)35(30)34(28)29/h5-21H,1-4H3. The van der Waals surface area contributed by atoms with Gasteiger partial charge in [0.2, 0.25) is 0 Å². The van der Waals surface area contributed by atoms with E-state index in [9.17, 15) is 9.59 Å². The van der Waals surface area contributed by atoms with Crippen molar-refractivity contribution in [1.29, 1.82) is 0 Å². The van der Waals surface area contributed by atoms with Crippen molar-refractivity contribution in [2.24, 2.45) is 0 Å². The Morgan fingerprint density at radius 1 is 0.524 bits per heavy atom. The van der Waals surface area contributed by atoms with Gasteiger partial charge in [-0.2, -0.15) is 0 Å². The van der Waals surface area contributed by atoms with Crippen molar-refractivity contribution in [2.45, 2.75) is 39.5 Å². The third-order valence-corrected chi connectivity index (χ3v) is 10.9. The van der Waals surface area contributed by atoms with Crippen molar-refractivity contribution in [3.63, 3.8) is 0 Å². The van der Waals surface area contributed by atoms with Gasteiger partial charge in [0.1, 0.15) is 0 Å². The molecule has 0 aliphatic carbocycles. The second-order valence-electron chi connectivity index (χ2n) is 12.0. The molecule has 42 heavy (non-hydrogen) atoms. The maximum absolute atomic E-state index is 14.4. The molecule has 0 atom stereocenters. The van der Waals surface area contributed by atoms with E-state index < -0.39 is 0 Å². The number of nitrogens with zero attached hydrogens (tertiary/aromatic N) is 1. The number of fused-ring (bicyclic) bond motifs is 2. The fourth-order valence-corrected chi connectivity index (χ4v) is 8.72. The summed E-state index contributed by atoms with van der Waals surface area (Å²) in [6.45, 7) is 8.47. The van der Waals surface area contributed by atoms with Gasteiger partial charge in [0.25, 0.3) is 0 Å². The number of carbonyl (C=O) groups is 2. The molecule has 0 saturated heterocycles. The summed E-state index contributed by atoms with van der Waals surface area (Å²) in [6.07, 6.45) is 0. The van der Waals surface area contributed by atoms with Gasteiger partial charge in [-0.3, -0.25) is 0 Å². The molecule has 1 aliphatic heterocycles. The normalized spacial score (nSPS) is 13.7. The van der Waals surface area contributed by atoms with E-state index >= 15 is 0 Å². The third-order valence-electron chi connectivity index (χ3n) is 9.00. The number of carbonyl (C=O) groups excluding carboxylic acids is 2. The van der Waals surface area contributed by atoms with Gasteiger partial charge in [-0.25, -0.2) is 0 Å². The molecule has 4 heteroatoms. The van der Waals surface area contributed by atoms with Gasteiger partial charge in [0, 0.05) is 0 Å². The molecule has 0 unspecified atom stereocenters. The average Bonchev–Trinajstić information content (AvgIpc) is 3.53. The van der Waals surface area contributed by atoms with Gasteiger partial charge in [0.15, 0.2) is 0 Å². The van der Waals surface area contributed by atoms with E-state index in [0.29, 0.717) is 25.6 Å². The summed E-state index contributed by atoms with van der Waals surface area (Å²) in [6, 6.07) is 29.6. The van der Waals surface area contributed by atoms with Gasteiger partial charge in [-0.1, -0.05) is 45.9 Å². The van der Waals surface area contributed by atoms with Crippen LogP contribution in [0.4, 0.5) is 5.69 Å². The van der Waals surface area contributed by atoms with Crippen LogP contribution in [0.1, 0.15) is 71.4 Å². The van der Waals surface area contributed by atoms with Crippen molar-refractivity contribution in [2.75, 3.05) is 4.90 Å². The summed E-state index contributed by atoms with van der Waals surface area (Å²) in [4.78, 5) is 32.5. The Hall–Kier alpha value is -4.24. The van der Waals surface area contributed by atoms with Crippen LogP contribution in [0.3, 0.4) is 0 Å². The number of anilines is 1. The number of hydrogen-bond donors (Lipinski definition) is 0. The first-order chi connectivity index (χ1) is 20.4. The van der Waals surface area contributed by atoms with Gasteiger partial charge in [-0.05, 0) is 23.0 Å². The summed E-state index contributed by atoms with van der Waals surface area (Å²) < 4.78 is 1.39. The van der Waals surface area contributed by atoms with Crippen molar-refractivity contribution in [1.82, 2.24) is 0 Å². The summed E-state index contributed by atoms with van der Waals surface area (Å²) in [5, 5.41) is 8.79. The zero-order chi connectivity index (χ0) is 28.9. The van der Waals surface area contributed by atoms with Crippen LogP contribution in [-0.4, -0.2) is 26.3 Å². The number of hydrogen-bond acceptors (Lipinski definition) is 2. The van der Waals surface area contributed by atoms with E-state index in [1.54, 1.807) is 0 Å². The molecule has 7 aromatic rings. The minimum atomic E-state index is -0.242. The SMILES string of the molecule is CC(C)c1cccc(C(C)C)c1N1C(=O)c2ccc3c4cccc5c(-c6ccc[se]6)ccc(c6ccc(c2c36)C1=O)c54. The summed E-state index contributed by atoms with van der Waals surface area (Å²) >= 11 is 0.337. The molecule has 0 fully saturated rings. The number of benzene rings is 6. The molecule has 1 aliphatic rings. The first-order valence-corrected chi connectivity index (χ1v) is 16.4. The molecule has 0 saturated carbocycles. The molecule has 2 amide bonds. The molecular formula is C38H29NO2Se. The number of rotatable bonds is 4. The maximum atomic E-state index is 14.4. The Balaban J connectivity index is 1.44. The molecule has 6 aromatic carbocycles. The summed E-state index contributed by atoms with van der Waals surface area (Å²) in [5.74, 6) is -0.160. The van der Waals surface area contributed by atoms with E-state index in [2.05, 4.69) is 87.2 Å². The second kappa shape index (κ2) is 9.13. The van der Waals surface area contributed by atoms with Crippen LogP contribution in [0.2, 0.25) is 0 Å². The Morgan fingerprint density at radius 3 is 1.62 bits per heavy atom. The van der Waals surface area contributed by atoms with E-state index in [1.165, 1.54) is 25.7 Å². The number of para-hydroxylation sites is 1. The molecule has 8 rings (SSSR count). The molecule has 3 nitrogen and oxygen atoms in total. The Morgan fingerprint density at radius 2 is 1.05 bits per heavy atom. The van der Waals surface area contributed by atoms with Crippen molar-refractivity contribution in [3.05, 3.63) is 112 Å². The van der Waals surface area contributed by atoms with E-state index in [-0.39, 0.29) is 23.7 Å². The molecule has 0 spiro atoms. The van der Waals surface area contributed by atoms with Crippen LogP contribution in [0.5, 0.6) is 0 Å². The predicted molar refractivity (Wildman–Crippen MR) is 176 cm³/mol. The molecular weight excluding hydrogens is 581 g/mol. The minimum absolute atomic E-state index is 0.162. The summed E-state index contributed by atoms with van der Waals surface area (Å²) in [5.41, 5.74) is 5.26. The van der Waals surface area contributed by atoms with Crippen molar-refractivity contribution in [3.8, 4) is 10.0 Å². The predicted octanol–water partition coefficient (Wildman–Crippen LogP) is 9.51. The summed E-state index contributed by atoms with van der Waals surface area (Å²) in [7, 11) is 0. The second-order valence-corrected chi connectivity index (χ2v) is 14.0. The quantitative estimate of drug-likeness (QED) is 0.0862. The topological polar surface area (TPSA) is 37.4 Å². The zero-order valence-electron chi connectivity index (χ0n) is 24.0. The Kier molecular flexibility index (Phi) is 5.54. The van der Waals surface area contributed by atoms with E-state index in [1.807, 2.05) is 30.3 Å². The molecule has 0 radical (unpaired) electrons. The fourth-order valence-electron chi connectivity index (χ4n) is 7.11. The van der Waals surface area contributed by atoms with Crippen molar-refractivity contribution >= 4 is 75.1 Å². The van der Waals surface area contributed by atoms with Gasteiger partial charge in [-0.15, -0.1) is 0 Å². The van der Waals surface area contributed by atoms with E-state index in [0.717, 1.165) is 49.1 Å². The molecule has 1 aromatic heterocycles. The first kappa shape index (κ1) is 25.5. The zero-order valence-corrected chi connectivity index (χ0v) is 25.7. The molecule has 2 heterocycles. The van der Waals surface area contributed by atoms with Crippen LogP contribution in [0, 0.1) is 0 Å². The van der Waals surface area contributed by atoms with Crippen LogP contribution in [0.15, 0.2) is 89.9 Å². The molecule has 0 N–H and O–H groups in total. The van der Waals surface area contributed by atoms with Gasteiger partial charge < -0.3 is 0 Å². The Labute approximate surface area is 250 Å². The monoisotopic (exact) mass is 611 g/mol. The number of amides is 2. The molecule has 204 valence electrons. The van der Waals surface area contributed by atoms with Gasteiger partial charge >= 0.3 is 182 Å². The van der Waals surface area contributed by atoms with Crippen LogP contribution in [0.25, 0.3) is 53.1 Å². The van der Waals surface area contributed by atoms with Crippen molar-refractivity contribution < 1.29 is 9.59 Å². The van der Waals surface area contributed by atoms with Gasteiger partial charge in [0.05, 0.1) is 0 Å². The number of imide groups is 1. The fraction of sp³-hybridized carbons (Fsp3) is 0.158.